The molecule has 0 aromatic heterocycles. The summed E-state index contributed by atoms with van der Waals surface area (Å²) in [5.41, 5.74) is 3.21. The zero-order valence-corrected chi connectivity index (χ0v) is 23.9. The standard InChI is InChI=1S/C31H45.Y/c1-4-6-8-10-12-14-20-29-22-21-28-24-26-18-15-16-19-27(26)25-30(28)31(29,3)23-17-13-11-9-7-5-2;/h15-16,18-19,21-22,24-25H,4-14,17,20,23H2,1-3H3;/q-1;. The van der Waals surface area contributed by atoms with E-state index in [1.807, 2.05) is 0 Å². The van der Waals surface area contributed by atoms with E-state index in [-0.39, 0.29) is 38.1 Å². The molecule has 173 valence electrons. The summed E-state index contributed by atoms with van der Waals surface area (Å²) in [5.74, 6) is 1.68. The van der Waals surface area contributed by atoms with Crippen molar-refractivity contribution in [3.63, 3.8) is 0 Å². The molecule has 0 N–H and O–H groups in total. The van der Waals surface area contributed by atoms with E-state index in [1.54, 1.807) is 11.5 Å². The second kappa shape index (κ2) is 14.6. The van der Waals surface area contributed by atoms with Gasteiger partial charge in [0, 0.05) is 32.7 Å². The van der Waals surface area contributed by atoms with E-state index < -0.39 is 0 Å². The summed E-state index contributed by atoms with van der Waals surface area (Å²) < 4.78 is 0. The molecule has 0 bridgehead atoms. The fraction of sp³-hybridized carbons (Fsp3) is 0.581. The maximum Gasteiger partial charge on any atom is 0 e. The van der Waals surface area contributed by atoms with Crippen LogP contribution in [0.5, 0.6) is 0 Å². The fourth-order valence-corrected chi connectivity index (χ4v) is 5.43. The molecule has 1 heteroatoms. The van der Waals surface area contributed by atoms with Gasteiger partial charge in [-0.25, -0.2) is 18.1 Å². The van der Waals surface area contributed by atoms with Crippen LogP contribution in [0.15, 0.2) is 42.5 Å². The Balaban J connectivity index is 0.00000363. The van der Waals surface area contributed by atoms with Crippen molar-refractivity contribution in [3.8, 4) is 0 Å². The van der Waals surface area contributed by atoms with Crippen molar-refractivity contribution in [2.45, 2.75) is 116 Å². The molecule has 1 aliphatic carbocycles. The summed E-state index contributed by atoms with van der Waals surface area (Å²) in [7, 11) is 0. The summed E-state index contributed by atoms with van der Waals surface area (Å²) >= 11 is 0. The van der Waals surface area contributed by atoms with Crippen LogP contribution in [-0.4, -0.2) is 0 Å². The molecule has 2 aromatic carbocycles. The van der Waals surface area contributed by atoms with Gasteiger partial charge < -0.3 is 0 Å². The molecule has 0 amide bonds. The Morgan fingerprint density at radius 3 is 1.94 bits per heavy atom. The SMILES string of the molecule is CCCCCCCC[C-]1C=Cc2cc3ccccc3cc2C1(C)CCCCCCCC.[Y]. The number of benzene rings is 2. The summed E-state index contributed by atoms with van der Waals surface area (Å²) in [4.78, 5) is 0. The molecule has 0 saturated carbocycles. The molecule has 3 rings (SSSR count). The Labute approximate surface area is 223 Å². The van der Waals surface area contributed by atoms with E-state index in [9.17, 15) is 0 Å². The number of fused-ring (bicyclic) bond motifs is 2. The van der Waals surface area contributed by atoms with Crippen molar-refractivity contribution in [2.75, 3.05) is 0 Å². The second-order valence-electron chi connectivity index (χ2n) is 10.0. The first-order valence-electron chi connectivity index (χ1n) is 13.3. The monoisotopic (exact) mass is 506 g/mol. The summed E-state index contributed by atoms with van der Waals surface area (Å²) in [6.07, 6.45) is 24.0. The third-order valence-electron chi connectivity index (χ3n) is 7.52. The molecule has 1 unspecified atom stereocenters. The van der Waals surface area contributed by atoms with E-state index >= 15 is 0 Å². The van der Waals surface area contributed by atoms with Crippen molar-refractivity contribution in [1.29, 1.82) is 0 Å². The zero-order chi connectivity index (χ0) is 21.9. The van der Waals surface area contributed by atoms with Gasteiger partial charge in [-0.3, -0.25) is 0 Å². The number of unbranched alkanes of at least 4 members (excludes halogenated alkanes) is 10. The quantitative estimate of drug-likeness (QED) is 0.177. The summed E-state index contributed by atoms with van der Waals surface area (Å²) in [5, 5.41) is 2.76. The van der Waals surface area contributed by atoms with Crippen molar-refractivity contribution < 1.29 is 32.7 Å². The van der Waals surface area contributed by atoms with Gasteiger partial charge >= 0.3 is 0 Å². The number of hydrogen-bond acceptors (Lipinski definition) is 0. The number of hydrogen-bond donors (Lipinski definition) is 0. The third kappa shape index (κ3) is 7.46. The second-order valence-corrected chi connectivity index (χ2v) is 10.0. The molecule has 0 aliphatic heterocycles. The molecule has 0 nitrogen and oxygen atoms in total. The molecule has 0 heterocycles. The van der Waals surface area contributed by atoms with E-state index in [1.165, 1.54) is 106 Å². The van der Waals surface area contributed by atoms with E-state index in [4.69, 9.17) is 0 Å². The van der Waals surface area contributed by atoms with E-state index in [2.05, 4.69) is 69.3 Å². The molecule has 2 aromatic rings. The van der Waals surface area contributed by atoms with Crippen LogP contribution in [0.3, 0.4) is 0 Å². The van der Waals surface area contributed by atoms with Gasteiger partial charge in [-0.2, -0.15) is 0 Å². The Hall–Kier alpha value is -0.586. The van der Waals surface area contributed by atoms with E-state index in [0.29, 0.717) is 0 Å². The molecule has 1 atom stereocenters. The normalized spacial score (nSPS) is 17.4. The van der Waals surface area contributed by atoms with Crippen LogP contribution in [0.2, 0.25) is 0 Å². The fourth-order valence-electron chi connectivity index (χ4n) is 5.43. The molecule has 0 fully saturated rings. The van der Waals surface area contributed by atoms with Crippen LogP contribution in [0, 0.1) is 5.92 Å². The zero-order valence-electron chi connectivity index (χ0n) is 21.1. The van der Waals surface area contributed by atoms with Crippen molar-refractivity contribution >= 4 is 16.8 Å². The largest absolute Gasteiger partial charge is 0.224 e. The van der Waals surface area contributed by atoms with Crippen LogP contribution in [-0.2, 0) is 38.1 Å². The molecule has 32 heavy (non-hydrogen) atoms. The van der Waals surface area contributed by atoms with Gasteiger partial charge in [-0.15, -0.1) is 5.56 Å². The van der Waals surface area contributed by atoms with Crippen LogP contribution in [0.4, 0.5) is 0 Å². The molecule has 1 aliphatic rings. The molecule has 1 radical (unpaired) electrons. The minimum Gasteiger partial charge on any atom is -0.224 e. The minimum atomic E-state index is 0. The van der Waals surface area contributed by atoms with Gasteiger partial charge in [0.2, 0.25) is 0 Å². The maximum atomic E-state index is 2.54. The molecule has 0 saturated heterocycles. The summed E-state index contributed by atoms with van der Waals surface area (Å²) in [6.45, 7) is 7.15. The Kier molecular flexibility index (Phi) is 12.6. The smallest absolute Gasteiger partial charge is 0 e. The molecular weight excluding hydrogens is 461 g/mol. The number of allylic oxidation sites excluding steroid dienone is 1. The van der Waals surface area contributed by atoms with Crippen LogP contribution < -0.4 is 0 Å². The number of rotatable bonds is 14. The van der Waals surface area contributed by atoms with Gasteiger partial charge in [-0.05, 0) is 10.8 Å². The Morgan fingerprint density at radius 2 is 1.28 bits per heavy atom. The third-order valence-corrected chi connectivity index (χ3v) is 7.52. The van der Waals surface area contributed by atoms with Crippen molar-refractivity contribution in [1.82, 2.24) is 0 Å². The van der Waals surface area contributed by atoms with E-state index in [0.717, 1.165) is 0 Å². The van der Waals surface area contributed by atoms with Crippen LogP contribution in [0.1, 0.15) is 122 Å². The van der Waals surface area contributed by atoms with Gasteiger partial charge in [0.1, 0.15) is 0 Å². The van der Waals surface area contributed by atoms with Gasteiger partial charge in [-0.1, -0.05) is 158 Å². The predicted octanol–water partition coefficient (Wildman–Crippen LogP) is 10.2. The average Bonchev–Trinajstić information content (AvgIpc) is 2.79. The van der Waals surface area contributed by atoms with Crippen molar-refractivity contribution in [3.05, 3.63) is 59.5 Å². The first kappa shape index (κ1) is 27.7. The minimum absolute atomic E-state index is 0. The van der Waals surface area contributed by atoms with Gasteiger partial charge in [0.05, 0.1) is 0 Å². The van der Waals surface area contributed by atoms with Gasteiger partial charge in [0.25, 0.3) is 0 Å². The molecule has 0 spiro atoms. The maximum absolute atomic E-state index is 2.54. The molecular formula is C31H45Y-. The van der Waals surface area contributed by atoms with Gasteiger partial charge in [0.15, 0.2) is 0 Å². The average molecular weight is 507 g/mol. The van der Waals surface area contributed by atoms with Crippen LogP contribution >= 0.6 is 0 Å². The first-order valence-corrected chi connectivity index (χ1v) is 13.3. The van der Waals surface area contributed by atoms with Crippen molar-refractivity contribution in [2.24, 2.45) is 0 Å². The topological polar surface area (TPSA) is 0 Å². The Morgan fingerprint density at radius 1 is 0.719 bits per heavy atom. The first-order chi connectivity index (χ1) is 15.2. The summed E-state index contributed by atoms with van der Waals surface area (Å²) in [6, 6.07) is 13.8. The Bertz CT molecular complexity index is 820. The van der Waals surface area contributed by atoms with Crippen LogP contribution in [0.25, 0.3) is 16.8 Å². The predicted molar refractivity (Wildman–Crippen MR) is 140 cm³/mol.